The minimum absolute atomic E-state index is 0.129. The number of nitrogens with zero attached hydrogens (tertiary/aromatic N) is 3. The fraction of sp³-hybridized carbons (Fsp3) is 0.171. The third-order valence-corrected chi connectivity index (χ3v) is 7.19. The largest absolute Gasteiger partial charge is 0.508 e. The van der Waals surface area contributed by atoms with Crippen LogP contribution >= 0.6 is 23.2 Å². The molecule has 15 heteroatoms. The minimum Gasteiger partial charge on any atom is -0.508 e. The van der Waals surface area contributed by atoms with Gasteiger partial charge in [-0.25, -0.2) is 0 Å². The second kappa shape index (κ2) is 18.3. The Morgan fingerprint density at radius 3 is 1.76 bits per heavy atom. The number of ether oxygens (including phenoxy) is 2. The van der Waals surface area contributed by atoms with E-state index >= 15 is 0 Å². The standard InChI is InChI=1S/C35H34Cl2N8O5/c36-25-20-26(37)22-29(21-25)40-32(48)24-6-8-27(9-7-24)41-34-43-33(44-35(45-34)42-28-10-12-30(46)13-11-28)39-15-17-50-19-18-49-16-14-38-31(47)23-4-2-1-3-5-23/h1-13,20-22,46H,14-19H2,(H,38,47)(H,40,48)(H3,39,41,42,43,44,45). The number of amides is 2. The van der Waals surface area contributed by atoms with E-state index in [9.17, 15) is 14.7 Å². The summed E-state index contributed by atoms with van der Waals surface area (Å²) in [5.41, 5.74) is 2.78. The van der Waals surface area contributed by atoms with E-state index in [4.69, 9.17) is 32.7 Å². The van der Waals surface area contributed by atoms with Crippen LogP contribution in [-0.2, 0) is 9.47 Å². The number of carbonyl (C=O) groups excluding carboxylic acids is 2. The highest BCUT2D eigenvalue weighted by atomic mass is 35.5. The van der Waals surface area contributed by atoms with E-state index in [1.54, 1.807) is 78.9 Å². The lowest BCUT2D eigenvalue weighted by Gasteiger charge is -2.12. The number of hydrogen-bond acceptors (Lipinski definition) is 11. The number of halogens is 2. The number of phenolic OH excluding ortho intramolecular Hbond substituents is 1. The van der Waals surface area contributed by atoms with E-state index < -0.39 is 0 Å². The Balaban J connectivity index is 1.11. The molecule has 0 saturated heterocycles. The van der Waals surface area contributed by atoms with Gasteiger partial charge in [-0.3, -0.25) is 9.59 Å². The predicted molar refractivity (Wildman–Crippen MR) is 194 cm³/mol. The van der Waals surface area contributed by atoms with Gasteiger partial charge in [0.25, 0.3) is 11.8 Å². The molecule has 1 heterocycles. The number of rotatable bonds is 17. The van der Waals surface area contributed by atoms with Gasteiger partial charge in [-0.15, -0.1) is 0 Å². The van der Waals surface area contributed by atoms with Crippen LogP contribution in [0.2, 0.25) is 10.0 Å². The summed E-state index contributed by atoms with van der Waals surface area (Å²) in [6, 6.07) is 27.0. The van der Waals surface area contributed by atoms with Crippen molar-refractivity contribution in [1.82, 2.24) is 20.3 Å². The van der Waals surface area contributed by atoms with E-state index in [0.29, 0.717) is 77.8 Å². The highest BCUT2D eigenvalue weighted by molar-refractivity contribution is 6.35. The van der Waals surface area contributed by atoms with E-state index in [1.165, 1.54) is 0 Å². The van der Waals surface area contributed by atoms with Crippen LogP contribution in [0.25, 0.3) is 0 Å². The van der Waals surface area contributed by atoms with Crippen LogP contribution in [0.3, 0.4) is 0 Å². The van der Waals surface area contributed by atoms with Crippen molar-refractivity contribution in [2.45, 2.75) is 0 Å². The predicted octanol–water partition coefficient (Wildman–Crippen LogP) is 6.50. The first-order chi connectivity index (χ1) is 24.3. The maximum absolute atomic E-state index is 12.8. The highest BCUT2D eigenvalue weighted by Gasteiger charge is 2.11. The van der Waals surface area contributed by atoms with Crippen molar-refractivity contribution in [3.8, 4) is 5.75 Å². The Hall–Kier alpha value is -5.47. The summed E-state index contributed by atoms with van der Waals surface area (Å²) in [6.45, 7) is 2.26. The molecule has 4 aromatic carbocycles. The van der Waals surface area contributed by atoms with Crippen molar-refractivity contribution in [1.29, 1.82) is 0 Å². The van der Waals surface area contributed by atoms with E-state index in [0.717, 1.165) is 0 Å². The first kappa shape index (κ1) is 35.8. The highest BCUT2D eigenvalue weighted by Crippen LogP contribution is 2.24. The van der Waals surface area contributed by atoms with Crippen molar-refractivity contribution in [2.24, 2.45) is 0 Å². The number of anilines is 6. The summed E-state index contributed by atoms with van der Waals surface area (Å²) in [5.74, 6) is 0.430. The Labute approximate surface area is 298 Å². The lowest BCUT2D eigenvalue weighted by molar-refractivity contribution is 0.0519. The van der Waals surface area contributed by atoms with E-state index in [-0.39, 0.29) is 35.4 Å². The molecule has 5 rings (SSSR count). The molecule has 1 aromatic heterocycles. The second-order valence-corrected chi connectivity index (χ2v) is 11.4. The van der Waals surface area contributed by atoms with Crippen LogP contribution in [0, 0.1) is 0 Å². The quantitative estimate of drug-likeness (QED) is 0.0458. The van der Waals surface area contributed by atoms with Crippen molar-refractivity contribution in [3.63, 3.8) is 0 Å². The molecule has 50 heavy (non-hydrogen) atoms. The van der Waals surface area contributed by atoms with Crippen LogP contribution in [0.5, 0.6) is 5.75 Å². The SMILES string of the molecule is O=C(NCCOCCOCCNc1nc(Nc2ccc(O)cc2)nc(Nc2ccc(C(=O)Nc3cc(Cl)cc(Cl)c3)cc2)n1)c1ccccc1. The summed E-state index contributed by atoms with van der Waals surface area (Å²) in [7, 11) is 0. The number of phenols is 1. The summed E-state index contributed by atoms with van der Waals surface area (Å²) in [5, 5.41) is 25.4. The Morgan fingerprint density at radius 1 is 0.600 bits per heavy atom. The number of benzene rings is 4. The monoisotopic (exact) mass is 716 g/mol. The molecule has 0 atom stereocenters. The average Bonchev–Trinajstić information content (AvgIpc) is 3.10. The van der Waals surface area contributed by atoms with Gasteiger partial charge < -0.3 is 41.2 Å². The summed E-state index contributed by atoms with van der Waals surface area (Å²) < 4.78 is 11.2. The number of aromatic nitrogens is 3. The molecule has 258 valence electrons. The molecule has 0 radical (unpaired) electrons. The third-order valence-electron chi connectivity index (χ3n) is 6.75. The summed E-state index contributed by atoms with van der Waals surface area (Å²) in [6.07, 6.45) is 0. The topological polar surface area (TPSA) is 172 Å². The molecule has 0 aliphatic rings. The van der Waals surface area contributed by atoms with Gasteiger partial charge >= 0.3 is 0 Å². The fourth-order valence-electron chi connectivity index (χ4n) is 4.39. The van der Waals surface area contributed by atoms with Crippen LogP contribution in [0.1, 0.15) is 20.7 Å². The Bertz CT molecular complexity index is 1850. The van der Waals surface area contributed by atoms with E-state index in [1.807, 2.05) is 18.2 Å². The summed E-state index contributed by atoms with van der Waals surface area (Å²) >= 11 is 12.1. The number of carbonyl (C=O) groups is 2. The van der Waals surface area contributed by atoms with Gasteiger partial charge in [-0.2, -0.15) is 15.0 Å². The molecule has 0 bridgehead atoms. The van der Waals surface area contributed by atoms with Crippen LogP contribution in [0.15, 0.2) is 97.1 Å². The number of hydrogen-bond donors (Lipinski definition) is 6. The maximum Gasteiger partial charge on any atom is 0.255 e. The zero-order chi connectivity index (χ0) is 35.1. The zero-order valence-corrected chi connectivity index (χ0v) is 28.2. The molecular weight excluding hydrogens is 683 g/mol. The lowest BCUT2D eigenvalue weighted by Crippen LogP contribution is -2.27. The second-order valence-electron chi connectivity index (χ2n) is 10.6. The Kier molecular flexibility index (Phi) is 13.1. The van der Waals surface area contributed by atoms with Crippen molar-refractivity contribution in [2.75, 3.05) is 60.8 Å². The fourth-order valence-corrected chi connectivity index (χ4v) is 4.92. The molecule has 2 amide bonds. The molecule has 0 spiro atoms. The van der Waals surface area contributed by atoms with Gasteiger partial charge in [-0.05, 0) is 78.9 Å². The van der Waals surface area contributed by atoms with Crippen LogP contribution < -0.4 is 26.6 Å². The molecule has 0 aliphatic heterocycles. The van der Waals surface area contributed by atoms with Gasteiger partial charge in [0.1, 0.15) is 5.75 Å². The number of nitrogens with one attached hydrogen (secondary N) is 5. The van der Waals surface area contributed by atoms with Crippen molar-refractivity contribution in [3.05, 3.63) is 118 Å². The van der Waals surface area contributed by atoms with Crippen molar-refractivity contribution < 1.29 is 24.2 Å². The van der Waals surface area contributed by atoms with Gasteiger partial charge in [0, 0.05) is 51.3 Å². The Morgan fingerprint density at radius 2 is 1.14 bits per heavy atom. The normalized spacial score (nSPS) is 10.7. The van der Waals surface area contributed by atoms with Gasteiger partial charge in [0.2, 0.25) is 17.8 Å². The molecule has 0 unspecified atom stereocenters. The maximum atomic E-state index is 12.8. The van der Waals surface area contributed by atoms with Crippen LogP contribution in [0.4, 0.5) is 34.9 Å². The van der Waals surface area contributed by atoms with Crippen LogP contribution in [-0.4, -0.2) is 71.4 Å². The molecular formula is C35H34Cl2N8O5. The molecule has 13 nitrogen and oxygen atoms in total. The molecule has 5 aromatic rings. The van der Waals surface area contributed by atoms with Gasteiger partial charge in [-0.1, -0.05) is 41.4 Å². The molecule has 0 fully saturated rings. The average molecular weight is 718 g/mol. The minimum atomic E-state index is -0.331. The smallest absolute Gasteiger partial charge is 0.255 e. The van der Waals surface area contributed by atoms with E-state index in [2.05, 4.69) is 41.5 Å². The molecule has 6 N–H and O–H groups in total. The van der Waals surface area contributed by atoms with Gasteiger partial charge in [0.15, 0.2) is 0 Å². The first-order valence-electron chi connectivity index (χ1n) is 15.5. The lowest BCUT2D eigenvalue weighted by atomic mass is 10.2. The third kappa shape index (κ3) is 11.6. The molecule has 0 saturated carbocycles. The zero-order valence-electron chi connectivity index (χ0n) is 26.7. The van der Waals surface area contributed by atoms with Crippen molar-refractivity contribution >= 4 is 69.9 Å². The summed E-state index contributed by atoms with van der Waals surface area (Å²) in [4.78, 5) is 38.2. The molecule has 0 aliphatic carbocycles. The number of aromatic hydroxyl groups is 1. The first-order valence-corrected chi connectivity index (χ1v) is 16.3. The van der Waals surface area contributed by atoms with Gasteiger partial charge in [0.05, 0.1) is 26.4 Å².